The van der Waals surface area contributed by atoms with Crippen LogP contribution in [-0.4, -0.2) is 41.6 Å². The lowest BCUT2D eigenvalue weighted by atomic mass is 10.1. The molecule has 0 aliphatic carbocycles. The van der Waals surface area contributed by atoms with Crippen LogP contribution in [0.15, 0.2) is 48.5 Å². The summed E-state index contributed by atoms with van der Waals surface area (Å²) in [7, 11) is 6.31. The molecule has 2 aromatic carbocycles. The predicted molar refractivity (Wildman–Crippen MR) is 104 cm³/mol. The van der Waals surface area contributed by atoms with Gasteiger partial charge in [0.25, 0.3) is 0 Å². The highest BCUT2D eigenvalue weighted by atomic mass is 15.2. The Morgan fingerprint density at radius 3 is 2.56 bits per heavy atom. The van der Waals surface area contributed by atoms with E-state index in [2.05, 4.69) is 84.0 Å². The molecule has 0 N–H and O–H groups in total. The van der Waals surface area contributed by atoms with Gasteiger partial charge in [-0.3, -0.25) is 4.90 Å². The lowest BCUT2D eigenvalue weighted by Crippen LogP contribution is -2.20. The molecule has 1 fully saturated rings. The normalized spacial score (nSPS) is 18.1. The van der Waals surface area contributed by atoms with Crippen molar-refractivity contribution in [2.75, 3.05) is 32.1 Å². The molecule has 3 aromatic rings. The van der Waals surface area contributed by atoms with Crippen molar-refractivity contribution in [2.24, 2.45) is 7.05 Å². The van der Waals surface area contributed by atoms with Gasteiger partial charge in [0.15, 0.2) is 0 Å². The number of aromatic nitrogens is 2. The fourth-order valence-electron chi connectivity index (χ4n) is 3.87. The Kier molecular flexibility index (Phi) is 4.22. The van der Waals surface area contributed by atoms with Gasteiger partial charge in [-0.2, -0.15) is 0 Å². The fourth-order valence-corrected chi connectivity index (χ4v) is 3.87. The summed E-state index contributed by atoms with van der Waals surface area (Å²) < 4.78 is 2.27. The second-order valence-electron chi connectivity index (χ2n) is 7.30. The third-order valence-corrected chi connectivity index (χ3v) is 5.32. The Labute approximate surface area is 149 Å². The first-order valence-electron chi connectivity index (χ1n) is 9.02. The van der Waals surface area contributed by atoms with Crippen LogP contribution in [-0.2, 0) is 13.6 Å². The number of imidazole rings is 1. The molecule has 0 spiro atoms. The van der Waals surface area contributed by atoms with Crippen LogP contribution in [0.4, 0.5) is 5.69 Å². The summed E-state index contributed by atoms with van der Waals surface area (Å²) in [5, 5.41) is 0. The van der Waals surface area contributed by atoms with Crippen LogP contribution in [0.25, 0.3) is 11.0 Å². The quantitative estimate of drug-likeness (QED) is 0.728. The van der Waals surface area contributed by atoms with Crippen molar-refractivity contribution in [3.05, 3.63) is 59.9 Å². The molecule has 130 valence electrons. The van der Waals surface area contributed by atoms with Gasteiger partial charge in [-0.15, -0.1) is 0 Å². The van der Waals surface area contributed by atoms with Crippen molar-refractivity contribution in [1.82, 2.24) is 14.5 Å². The van der Waals surface area contributed by atoms with E-state index in [0.717, 1.165) is 25.2 Å². The van der Waals surface area contributed by atoms with E-state index >= 15 is 0 Å². The molecule has 1 aliphatic rings. The highest BCUT2D eigenvalue weighted by Crippen LogP contribution is 2.29. The van der Waals surface area contributed by atoms with Crippen LogP contribution in [0.3, 0.4) is 0 Å². The van der Waals surface area contributed by atoms with E-state index in [9.17, 15) is 0 Å². The second-order valence-corrected chi connectivity index (χ2v) is 7.30. The summed E-state index contributed by atoms with van der Waals surface area (Å²) in [5.41, 5.74) is 4.98. The number of para-hydroxylation sites is 2. The third-order valence-electron chi connectivity index (χ3n) is 5.32. The minimum atomic E-state index is 0.526. The highest BCUT2D eigenvalue weighted by Gasteiger charge is 2.27. The average molecular weight is 334 g/mol. The zero-order valence-electron chi connectivity index (χ0n) is 15.3. The SMILES string of the molecule is CN(C)c1ccc(CN2CC[C@H](c3nc4ccccc4n3C)C2)cc1. The van der Waals surface area contributed by atoms with Gasteiger partial charge in [0.1, 0.15) is 5.82 Å². The summed E-state index contributed by atoms with van der Waals surface area (Å²) in [6, 6.07) is 17.3. The van der Waals surface area contributed by atoms with Crippen LogP contribution >= 0.6 is 0 Å². The number of hydrogen-bond acceptors (Lipinski definition) is 3. The maximum atomic E-state index is 4.90. The van der Waals surface area contributed by atoms with Gasteiger partial charge < -0.3 is 9.47 Å². The van der Waals surface area contributed by atoms with Gasteiger partial charge in [0.05, 0.1) is 11.0 Å². The fraction of sp³-hybridized carbons (Fsp3) is 0.381. The highest BCUT2D eigenvalue weighted by molar-refractivity contribution is 5.75. The zero-order chi connectivity index (χ0) is 17.4. The van der Waals surface area contributed by atoms with Gasteiger partial charge in [-0.1, -0.05) is 24.3 Å². The molecule has 1 saturated heterocycles. The molecule has 0 bridgehead atoms. The number of rotatable bonds is 4. The van der Waals surface area contributed by atoms with Crippen molar-refractivity contribution in [2.45, 2.75) is 18.9 Å². The van der Waals surface area contributed by atoms with Gasteiger partial charge in [0.2, 0.25) is 0 Å². The number of fused-ring (bicyclic) bond motifs is 1. The van der Waals surface area contributed by atoms with E-state index in [1.54, 1.807) is 0 Å². The molecule has 4 nitrogen and oxygen atoms in total. The lowest BCUT2D eigenvalue weighted by Gasteiger charge is -2.17. The van der Waals surface area contributed by atoms with Crippen LogP contribution in [0.1, 0.15) is 23.7 Å². The van der Waals surface area contributed by atoms with E-state index in [4.69, 9.17) is 4.98 Å². The minimum Gasteiger partial charge on any atom is -0.378 e. The molecule has 0 saturated carbocycles. The Hall–Kier alpha value is -2.33. The van der Waals surface area contributed by atoms with E-state index in [0.29, 0.717) is 5.92 Å². The van der Waals surface area contributed by atoms with Crippen molar-refractivity contribution >= 4 is 16.7 Å². The van der Waals surface area contributed by atoms with Crippen molar-refractivity contribution < 1.29 is 0 Å². The molecular weight excluding hydrogens is 308 g/mol. The number of aryl methyl sites for hydroxylation is 1. The maximum absolute atomic E-state index is 4.90. The summed E-state index contributed by atoms with van der Waals surface area (Å²) >= 11 is 0. The van der Waals surface area contributed by atoms with Gasteiger partial charge in [-0.05, 0) is 42.8 Å². The van der Waals surface area contributed by atoms with E-state index in [1.807, 2.05) is 0 Å². The Morgan fingerprint density at radius 2 is 1.84 bits per heavy atom. The first kappa shape index (κ1) is 16.2. The standard InChI is InChI=1S/C21H26N4/c1-23(2)18-10-8-16(9-11-18)14-25-13-12-17(15-25)21-22-19-6-4-5-7-20(19)24(21)3/h4-11,17H,12-15H2,1-3H3/t17-/m0/s1. The summed E-state index contributed by atoms with van der Waals surface area (Å²) in [4.78, 5) is 9.59. The van der Waals surface area contributed by atoms with E-state index < -0.39 is 0 Å². The second kappa shape index (κ2) is 6.52. The maximum Gasteiger partial charge on any atom is 0.114 e. The Balaban J connectivity index is 1.46. The topological polar surface area (TPSA) is 24.3 Å². The first-order chi connectivity index (χ1) is 12.1. The summed E-state index contributed by atoms with van der Waals surface area (Å²) in [5.74, 6) is 1.75. The monoisotopic (exact) mass is 334 g/mol. The average Bonchev–Trinajstić information content (AvgIpc) is 3.20. The number of anilines is 1. The van der Waals surface area contributed by atoms with Gasteiger partial charge in [-0.25, -0.2) is 4.98 Å². The molecule has 2 heterocycles. The van der Waals surface area contributed by atoms with Gasteiger partial charge in [0, 0.05) is 45.8 Å². The van der Waals surface area contributed by atoms with E-state index in [1.165, 1.54) is 29.0 Å². The molecule has 25 heavy (non-hydrogen) atoms. The van der Waals surface area contributed by atoms with Crippen LogP contribution in [0.2, 0.25) is 0 Å². The smallest absolute Gasteiger partial charge is 0.114 e. The van der Waals surface area contributed by atoms with Crippen molar-refractivity contribution in [1.29, 1.82) is 0 Å². The molecule has 4 heteroatoms. The Morgan fingerprint density at radius 1 is 1.08 bits per heavy atom. The molecule has 4 rings (SSSR count). The van der Waals surface area contributed by atoms with Crippen LogP contribution in [0.5, 0.6) is 0 Å². The molecule has 1 atom stereocenters. The first-order valence-corrected chi connectivity index (χ1v) is 9.02. The molecule has 1 aromatic heterocycles. The van der Waals surface area contributed by atoms with E-state index in [-0.39, 0.29) is 0 Å². The van der Waals surface area contributed by atoms with Crippen molar-refractivity contribution in [3.63, 3.8) is 0 Å². The molecular formula is C21H26N4. The third kappa shape index (κ3) is 3.14. The number of nitrogens with zero attached hydrogens (tertiary/aromatic N) is 4. The van der Waals surface area contributed by atoms with Gasteiger partial charge >= 0.3 is 0 Å². The zero-order valence-corrected chi connectivity index (χ0v) is 15.3. The molecule has 1 aliphatic heterocycles. The Bertz CT molecular complexity index is 863. The number of likely N-dealkylation sites (tertiary alicyclic amines) is 1. The van der Waals surface area contributed by atoms with Crippen molar-refractivity contribution in [3.8, 4) is 0 Å². The summed E-state index contributed by atoms with van der Waals surface area (Å²) in [6.45, 7) is 3.25. The number of hydrogen-bond donors (Lipinski definition) is 0. The van der Waals surface area contributed by atoms with Crippen LogP contribution < -0.4 is 4.90 Å². The molecule has 0 unspecified atom stereocenters. The largest absolute Gasteiger partial charge is 0.378 e. The lowest BCUT2D eigenvalue weighted by molar-refractivity contribution is 0.325. The summed E-state index contributed by atoms with van der Waals surface area (Å²) in [6.07, 6.45) is 1.19. The number of benzene rings is 2. The molecule has 0 radical (unpaired) electrons. The van der Waals surface area contributed by atoms with Crippen LogP contribution in [0, 0.1) is 0 Å². The minimum absolute atomic E-state index is 0.526. The molecule has 0 amide bonds. The predicted octanol–water partition coefficient (Wildman–Crippen LogP) is 3.63.